The minimum atomic E-state index is -1.81. The molecule has 0 aromatic heterocycles. The molecule has 36 heteroatoms. The van der Waals surface area contributed by atoms with E-state index in [0.717, 1.165) is 0 Å². The van der Waals surface area contributed by atoms with Gasteiger partial charge in [0.05, 0.1) is 113 Å². The van der Waals surface area contributed by atoms with E-state index in [4.69, 9.17) is 106 Å². The highest BCUT2D eigenvalue weighted by atomic mass is 17.3. The second-order valence-corrected chi connectivity index (χ2v) is 21.4. The molecular formula is C72H74O36. The summed E-state index contributed by atoms with van der Waals surface area (Å²) in [6.07, 6.45) is -11.8. The quantitative estimate of drug-likeness (QED) is 0.0154. The van der Waals surface area contributed by atoms with Gasteiger partial charge in [0.2, 0.25) is 0 Å². The molecular weight excluding hydrogens is 1440 g/mol. The lowest BCUT2D eigenvalue weighted by Gasteiger charge is -2.36. The summed E-state index contributed by atoms with van der Waals surface area (Å²) in [4.78, 5) is 217. The maximum absolute atomic E-state index is 13.8. The summed E-state index contributed by atoms with van der Waals surface area (Å²) in [7, 11) is 0. The monoisotopic (exact) mass is 1510 g/mol. The third-order valence-electron chi connectivity index (χ3n) is 14.2. The van der Waals surface area contributed by atoms with E-state index in [0.29, 0.717) is 0 Å². The molecule has 36 nitrogen and oxygen atoms in total. The van der Waals surface area contributed by atoms with Crippen molar-refractivity contribution in [3.63, 3.8) is 0 Å². The van der Waals surface area contributed by atoms with Crippen molar-refractivity contribution in [1.82, 2.24) is 0 Å². The normalized spacial score (nSPS) is 11.5. The van der Waals surface area contributed by atoms with Crippen LogP contribution in [-0.2, 0) is 87.1 Å². The van der Waals surface area contributed by atoms with Crippen molar-refractivity contribution < 1.29 is 173 Å². The van der Waals surface area contributed by atoms with Crippen LogP contribution in [0.5, 0.6) is 34.5 Å². The number of benzene rings is 6. The van der Waals surface area contributed by atoms with Gasteiger partial charge in [-0.15, -0.1) is 0 Å². The van der Waals surface area contributed by atoms with Gasteiger partial charge in [-0.3, -0.25) is 0 Å². The standard InChI is InChI=1S/C72H74O36/c1-7-85-53-25-13-19-45(35-53)61(73)97-103-67(79)91-33-31-51(41-93-69(81)105-99-63(75)47-21-15-27-55(37-47)87-9-3)59(43-95-71(83)107-101-65(77)49-23-17-29-57(39-49)89-11-5)60(44-96-72(84)108-102-66(78)50-24-18-30-58(40-50)90-12-6)52(42-94-70(82)106-100-64(76)48-22-16-28-56(38-48)88-10-4)32-34-92-68(80)104-98-62(74)46-20-14-26-54(36-46)86-8-2/h13-30,35-40,51-52,59-60H,7-12,31-34,41-44H2,1-6H3. The maximum atomic E-state index is 13.8. The van der Waals surface area contributed by atoms with Gasteiger partial charge in [-0.05, 0) is 164 Å². The number of rotatable bonds is 35. The summed E-state index contributed by atoms with van der Waals surface area (Å²) in [6, 6.07) is 33.0. The number of carbonyl (C=O) groups is 12. The molecule has 4 unspecified atom stereocenters. The molecule has 0 aliphatic heterocycles. The molecule has 0 fully saturated rings. The summed E-state index contributed by atoms with van der Waals surface area (Å²) in [5.41, 5.74) is -1.02. The third-order valence-corrected chi connectivity index (χ3v) is 14.2. The fraction of sp³-hybridized carbons (Fsp3) is 0.333. The minimum absolute atomic E-state index is 0.140. The Balaban J connectivity index is 1.41. The molecule has 108 heavy (non-hydrogen) atoms. The van der Waals surface area contributed by atoms with Crippen LogP contribution in [-0.4, -0.2) is 152 Å². The van der Waals surface area contributed by atoms with E-state index in [1.54, 1.807) is 41.5 Å². The fourth-order valence-corrected chi connectivity index (χ4v) is 9.47. The number of ether oxygens (including phenoxy) is 12. The zero-order valence-electron chi connectivity index (χ0n) is 58.8. The van der Waals surface area contributed by atoms with Crippen molar-refractivity contribution in [1.29, 1.82) is 0 Å². The van der Waals surface area contributed by atoms with E-state index in [9.17, 15) is 57.5 Å². The van der Waals surface area contributed by atoms with E-state index in [1.807, 2.05) is 0 Å². The lowest BCUT2D eigenvalue weighted by atomic mass is 9.74. The summed E-state index contributed by atoms with van der Waals surface area (Å²) in [5.74, 6) is -12.8. The van der Waals surface area contributed by atoms with Crippen LogP contribution in [0.15, 0.2) is 146 Å². The van der Waals surface area contributed by atoms with Crippen LogP contribution in [0, 0.1) is 23.7 Å². The Hall–Kier alpha value is -13.4. The van der Waals surface area contributed by atoms with E-state index in [1.165, 1.54) is 146 Å². The van der Waals surface area contributed by atoms with Crippen LogP contribution < -0.4 is 28.4 Å². The molecule has 0 spiro atoms. The molecule has 0 amide bonds. The second-order valence-electron chi connectivity index (χ2n) is 21.4. The van der Waals surface area contributed by atoms with E-state index < -0.39 is 149 Å². The van der Waals surface area contributed by atoms with Gasteiger partial charge in [0.1, 0.15) is 34.5 Å². The minimum Gasteiger partial charge on any atom is -0.494 e. The SMILES string of the molecule is CCOc1cccc(C(=O)OOC(=O)OCCC(COC(=O)OOC(=O)c2cccc(OCC)c2)C(COC(=O)OOC(=O)c2cccc(OCC)c2)C(COC(=O)OOC(=O)c2cccc(OCC)c2)C(CCOC(=O)OOC(=O)c2cccc(OCC)c2)COC(=O)OOC(=O)c2cccc(OCC)c2)c1. The summed E-state index contributed by atoms with van der Waals surface area (Å²) in [5, 5.41) is 0. The fourth-order valence-electron chi connectivity index (χ4n) is 9.47. The highest BCUT2D eigenvalue weighted by Crippen LogP contribution is 2.35. The summed E-state index contributed by atoms with van der Waals surface area (Å²) < 4.78 is 65.1. The largest absolute Gasteiger partial charge is 0.549 e. The van der Waals surface area contributed by atoms with Crippen molar-refractivity contribution in [2.75, 3.05) is 79.3 Å². The van der Waals surface area contributed by atoms with Gasteiger partial charge in [0, 0.05) is 23.7 Å². The van der Waals surface area contributed by atoms with Crippen molar-refractivity contribution >= 4 is 72.7 Å². The van der Waals surface area contributed by atoms with Crippen molar-refractivity contribution in [2.45, 2.75) is 54.4 Å². The average molecular weight is 1520 g/mol. The van der Waals surface area contributed by atoms with Crippen LogP contribution in [0.4, 0.5) is 28.8 Å². The number of hydrogen-bond donors (Lipinski definition) is 0. The van der Waals surface area contributed by atoms with Crippen molar-refractivity contribution in [3.8, 4) is 34.5 Å². The molecule has 0 bridgehead atoms. The molecule has 4 atom stereocenters. The lowest BCUT2D eigenvalue weighted by Crippen LogP contribution is -2.41. The maximum Gasteiger partial charge on any atom is 0.549 e. The Labute approximate surface area is 614 Å². The molecule has 0 saturated heterocycles. The summed E-state index contributed by atoms with van der Waals surface area (Å²) in [6.45, 7) is 5.17. The smallest absolute Gasteiger partial charge is 0.494 e. The van der Waals surface area contributed by atoms with Gasteiger partial charge in [-0.1, -0.05) is 36.4 Å². The van der Waals surface area contributed by atoms with E-state index in [2.05, 4.69) is 9.78 Å². The molecule has 6 aromatic rings. The van der Waals surface area contributed by atoms with Crippen LogP contribution in [0.3, 0.4) is 0 Å². The van der Waals surface area contributed by atoms with E-state index in [-0.39, 0.29) is 108 Å². The number of hydrogen-bond acceptors (Lipinski definition) is 36. The van der Waals surface area contributed by atoms with Crippen LogP contribution >= 0.6 is 0 Å². The van der Waals surface area contributed by atoms with Gasteiger partial charge in [0.15, 0.2) is 0 Å². The number of carbonyl (C=O) groups excluding carboxylic acids is 12. The highest BCUT2D eigenvalue weighted by molar-refractivity contribution is 5.92. The lowest BCUT2D eigenvalue weighted by molar-refractivity contribution is -0.212. The first-order valence-corrected chi connectivity index (χ1v) is 32.9. The van der Waals surface area contributed by atoms with Crippen molar-refractivity contribution in [3.05, 3.63) is 179 Å². The summed E-state index contributed by atoms with van der Waals surface area (Å²) >= 11 is 0. The Bertz CT molecular complexity index is 3730. The first-order valence-electron chi connectivity index (χ1n) is 32.9. The molecule has 6 aromatic carbocycles. The second kappa shape index (κ2) is 45.6. The van der Waals surface area contributed by atoms with Crippen LogP contribution in [0.1, 0.15) is 117 Å². The molecule has 0 aliphatic rings. The van der Waals surface area contributed by atoms with Crippen LogP contribution in [0.2, 0.25) is 0 Å². The van der Waals surface area contributed by atoms with Gasteiger partial charge in [0.25, 0.3) is 0 Å². The molecule has 6 rings (SSSR count). The predicted molar refractivity (Wildman–Crippen MR) is 356 cm³/mol. The molecule has 0 N–H and O–H groups in total. The van der Waals surface area contributed by atoms with Gasteiger partial charge in [-0.2, -0.15) is 28.8 Å². The average Bonchev–Trinajstić information content (AvgIpc) is 0.831. The van der Waals surface area contributed by atoms with Crippen LogP contribution in [0.25, 0.3) is 0 Å². The third kappa shape index (κ3) is 29.4. The molecule has 0 radical (unpaired) electrons. The van der Waals surface area contributed by atoms with Gasteiger partial charge >= 0.3 is 72.7 Å². The predicted octanol–water partition coefficient (Wildman–Crippen LogP) is 12.2. The zero-order chi connectivity index (χ0) is 78.0. The molecule has 0 aliphatic carbocycles. The molecule has 0 saturated carbocycles. The van der Waals surface area contributed by atoms with Gasteiger partial charge < -0.3 is 56.8 Å². The molecule has 578 valence electrons. The Morgan fingerprint density at radius 2 is 0.426 bits per heavy atom. The highest BCUT2D eigenvalue weighted by Gasteiger charge is 2.40. The Kier molecular flexibility index (Phi) is 35.3. The topological polar surface area (TPSA) is 426 Å². The Morgan fingerprint density at radius 1 is 0.241 bits per heavy atom. The van der Waals surface area contributed by atoms with Crippen molar-refractivity contribution in [2.24, 2.45) is 23.7 Å². The van der Waals surface area contributed by atoms with E-state index >= 15 is 0 Å². The first kappa shape index (κ1) is 83.5. The Morgan fingerprint density at radius 3 is 0.620 bits per heavy atom. The first-order chi connectivity index (χ1) is 52.2. The van der Waals surface area contributed by atoms with Gasteiger partial charge in [-0.25, -0.2) is 87.4 Å². The molecule has 0 heterocycles. The zero-order valence-corrected chi connectivity index (χ0v) is 58.8.